The van der Waals surface area contributed by atoms with Crippen molar-refractivity contribution >= 4 is 17.6 Å². The molecule has 0 saturated carbocycles. The van der Waals surface area contributed by atoms with E-state index >= 15 is 0 Å². The van der Waals surface area contributed by atoms with Crippen molar-refractivity contribution in [2.75, 3.05) is 0 Å². The van der Waals surface area contributed by atoms with Crippen LogP contribution in [0.2, 0.25) is 0 Å². The van der Waals surface area contributed by atoms with Crippen LogP contribution in [0.4, 0.5) is 5.69 Å². The van der Waals surface area contributed by atoms with Crippen LogP contribution < -0.4 is 11.5 Å². The van der Waals surface area contributed by atoms with Crippen LogP contribution in [0.1, 0.15) is 22.8 Å². The molecule has 0 aliphatic carbocycles. The first kappa shape index (κ1) is 16.6. The molecule has 0 amide bonds. The normalized spacial score (nSPS) is 11.4. The number of carbonyl (C=O) groups is 2. The van der Waals surface area contributed by atoms with Crippen molar-refractivity contribution in [3.63, 3.8) is 0 Å². The van der Waals surface area contributed by atoms with Crippen LogP contribution in [0.3, 0.4) is 0 Å². The maximum atomic E-state index is 12.2. The monoisotopic (exact) mass is 288 g/mol. The Morgan fingerprint density at radius 2 is 1.95 bits per heavy atom. The molecule has 1 aromatic rings. The highest BCUT2D eigenvalue weighted by Gasteiger charge is 2.24. The van der Waals surface area contributed by atoms with Crippen LogP contribution in [-0.4, -0.2) is 11.9 Å². The van der Waals surface area contributed by atoms with Gasteiger partial charge in [-0.1, -0.05) is 24.8 Å². The number of hydrogen-bond acceptors (Lipinski definition) is 3. The first-order valence-electron chi connectivity index (χ1n) is 6.32. The van der Waals surface area contributed by atoms with E-state index in [0.29, 0.717) is 16.8 Å². The van der Waals surface area contributed by atoms with E-state index in [1.165, 1.54) is 6.08 Å². The summed E-state index contributed by atoms with van der Waals surface area (Å²) in [6.07, 6.45) is 1.48. The maximum absolute atomic E-state index is 12.2. The fourth-order valence-electron chi connectivity index (χ4n) is 1.89. The van der Waals surface area contributed by atoms with Gasteiger partial charge in [-0.3, -0.25) is 0 Å². The molecule has 5 nitrogen and oxygen atoms in total. The van der Waals surface area contributed by atoms with Gasteiger partial charge in [-0.15, -0.1) is 0 Å². The van der Waals surface area contributed by atoms with Crippen molar-refractivity contribution in [1.82, 2.24) is 0 Å². The van der Waals surface area contributed by atoms with Gasteiger partial charge in [0.15, 0.2) is 0 Å². The molecule has 0 heterocycles. The van der Waals surface area contributed by atoms with E-state index in [0.717, 1.165) is 0 Å². The van der Waals surface area contributed by atoms with E-state index in [1.807, 2.05) is 0 Å². The molecule has 0 radical (unpaired) electrons. The van der Waals surface area contributed by atoms with Crippen LogP contribution in [-0.2, 0) is 9.53 Å². The zero-order valence-electron chi connectivity index (χ0n) is 12.4. The van der Waals surface area contributed by atoms with E-state index in [4.69, 9.17) is 4.74 Å². The number of carbonyl (C=O) groups excluding carboxylic acids is 2. The van der Waals surface area contributed by atoms with Gasteiger partial charge in [-0.05, 0) is 37.6 Å². The summed E-state index contributed by atoms with van der Waals surface area (Å²) in [5, 5.41) is 0. The highest BCUT2D eigenvalue weighted by molar-refractivity contribution is 6.06. The summed E-state index contributed by atoms with van der Waals surface area (Å²) in [5.41, 5.74) is 9.85. The largest absolute Gasteiger partial charge is 0.385 e. The average molecular weight is 288 g/mol. The minimum Gasteiger partial charge on any atom is -0.385 e. The quantitative estimate of drug-likeness (QED) is 0.371. The number of aryl methyl sites for hydroxylation is 1. The first-order valence-corrected chi connectivity index (χ1v) is 6.32. The third-order valence-corrected chi connectivity index (χ3v) is 3.01. The third-order valence-electron chi connectivity index (χ3n) is 3.01. The smallest absolute Gasteiger partial charge is 0.352 e. The van der Waals surface area contributed by atoms with Crippen molar-refractivity contribution < 1.29 is 25.8 Å². The van der Waals surface area contributed by atoms with Gasteiger partial charge in [0.05, 0.1) is 0 Å². The number of allylic oxidation sites excluding steroid dienone is 2. The van der Waals surface area contributed by atoms with Crippen molar-refractivity contribution in [3.05, 3.63) is 65.4 Å². The topological polar surface area (TPSA) is 98.6 Å². The molecule has 0 aromatic heterocycles. The molecule has 0 bridgehead atoms. The van der Waals surface area contributed by atoms with Gasteiger partial charge >= 0.3 is 11.9 Å². The summed E-state index contributed by atoms with van der Waals surface area (Å²) in [6, 6.07) is 5.21. The van der Waals surface area contributed by atoms with Crippen molar-refractivity contribution in [1.29, 1.82) is 0 Å². The lowest BCUT2D eigenvalue weighted by atomic mass is 10.1. The minimum atomic E-state index is -0.792. The van der Waals surface area contributed by atoms with Crippen molar-refractivity contribution in [2.45, 2.75) is 13.8 Å². The second kappa shape index (κ2) is 6.78. The number of benzene rings is 1. The zero-order chi connectivity index (χ0) is 16.2. The molecular formula is C16H20N2O3+2. The number of hydrogen-bond donors (Lipinski definition) is 2. The van der Waals surface area contributed by atoms with Crippen LogP contribution in [0.5, 0.6) is 0 Å². The standard InChI is InChI=1S/C16H18N2O3/c1-5-9(2)13(11(4)17)15(19)21-16(20)14-10(3)7-6-8-12(14)18/h5-8H,1,4,17-18H2,2-3H3/p+2/b13-9+. The molecule has 0 saturated heterocycles. The van der Waals surface area contributed by atoms with Gasteiger partial charge in [-0.2, -0.15) is 0 Å². The Morgan fingerprint density at radius 3 is 2.43 bits per heavy atom. The van der Waals surface area contributed by atoms with E-state index in [1.54, 1.807) is 32.0 Å². The summed E-state index contributed by atoms with van der Waals surface area (Å²) in [7, 11) is 0. The van der Waals surface area contributed by atoms with Gasteiger partial charge in [0.2, 0.25) is 0 Å². The van der Waals surface area contributed by atoms with Crippen LogP contribution in [0.25, 0.3) is 0 Å². The van der Waals surface area contributed by atoms with Gasteiger partial charge in [-0.25, -0.2) is 9.59 Å². The molecule has 0 atom stereocenters. The summed E-state index contributed by atoms with van der Waals surface area (Å²) in [6.45, 7) is 10.6. The SMILES string of the molecule is C=C/C(C)=C(\C(=C)[NH3+])C(=O)OC(=O)c1c(C)cccc1[NH3+]. The Kier molecular flexibility index (Phi) is 5.35. The Bertz CT molecular complexity index is 637. The Hall–Kier alpha value is -2.50. The van der Waals surface area contributed by atoms with Crippen molar-refractivity contribution in [2.24, 2.45) is 0 Å². The molecule has 0 unspecified atom stereocenters. The third kappa shape index (κ3) is 3.75. The van der Waals surface area contributed by atoms with Gasteiger partial charge in [0.25, 0.3) is 0 Å². The summed E-state index contributed by atoms with van der Waals surface area (Å²) < 4.78 is 4.92. The highest BCUT2D eigenvalue weighted by atomic mass is 16.6. The zero-order valence-corrected chi connectivity index (χ0v) is 12.4. The molecule has 0 aliphatic heterocycles. The number of esters is 2. The fraction of sp³-hybridized carbons (Fsp3) is 0.125. The van der Waals surface area contributed by atoms with Gasteiger partial charge < -0.3 is 16.2 Å². The van der Waals surface area contributed by atoms with Crippen LogP contribution in [0, 0.1) is 6.92 Å². The number of ether oxygens (including phenoxy) is 1. The fourth-order valence-corrected chi connectivity index (χ4v) is 1.89. The van der Waals surface area contributed by atoms with Crippen LogP contribution >= 0.6 is 0 Å². The molecule has 1 rings (SSSR count). The molecule has 1 aromatic carbocycles. The summed E-state index contributed by atoms with van der Waals surface area (Å²) in [5.74, 6) is -1.53. The number of rotatable bonds is 4. The Morgan fingerprint density at radius 1 is 1.33 bits per heavy atom. The molecule has 6 N–H and O–H groups in total. The van der Waals surface area contributed by atoms with E-state index in [-0.39, 0.29) is 16.8 Å². The van der Waals surface area contributed by atoms with Gasteiger partial charge in [0, 0.05) is 0 Å². The van der Waals surface area contributed by atoms with Crippen molar-refractivity contribution in [3.8, 4) is 0 Å². The molecule has 0 aliphatic rings. The Balaban J connectivity index is 3.11. The lowest BCUT2D eigenvalue weighted by Gasteiger charge is -2.08. The molecule has 21 heavy (non-hydrogen) atoms. The molecule has 0 fully saturated rings. The van der Waals surface area contributed by atoms with Gasteiger partial charge in [0.1, 0.15) is 22.5 Å². The van der Waals surface area contributed by atoms with E-state index in [2.05, 4.69) is 24.6 Å². The molecule has 0 spiro atoms. The minimum absolute atomic E-state index is 0.151. The predicted molar refractivity (Wildman–Crippen MR) is 79.1 cm³/mol. The first-order chi connectivity index (χ1) is 9.79. The average Bonchev–Trinajstić information content (AvgIpc) is 2.37. The molecule has 110 valence electrons. The molecule has 5 heteroatoms. The van der Waals surface area contributed by atoms with E-state index in [9.17, 15) is 9.59 Å². The summed E-state index contributed by atoms with van der Waals surface area (Å²) >= 11 is 0. The van der Waals surface area contributed by atoms with Crippen LogP contribution in [0.15, 0.2) is 54.3 Å². The highest BCUT2D eigenvalue weighted by Crippen LogP contribution is 2.18. The summed E-state index contributed by atoms with van der Waals surface area (Å²) in [4.78, 5) is 24.3. The Labute approximate surface area is 123 Å². The lowest BCUT2D eigenvalue weighted by molar-refractivity contribution is -0.296. The molecular weight excluding hydrogens is 268 g/mol. The number of quaternary nitrogens is 2. The second-order valence-electron chi connectivity index (χ2n) is 4.65. The second-order valence-corrected chi connectivity index (χ2v) is 4.65. The van der Waals surface area contributed by atoms with E-state index < -0.39 is 11.9 Å². The predicted octanol–water partition coefficient (Wildman–Crippen LogP) is 0.810. The lowest BCUT2D eigenvalue weighted by Crippen LogP contribution is -2.49. The maximum Gasteiger partial charge on any atom is 0.352 e.